The molecule has 8 nitrogen and oxygen atoms in total. The van der Waals surface area contributed by atoms with Gasteiger partial charge in [-0.3, -0.25) is 4.31 Å². The molecule has 0 atom stereocenters. The molecule has 0 bridgehead atoms. The average molecular weight is 534 g/mol. The van der Waals surface area contributed by atoms with E-state index < -0.39 is 16.0 Å². The third-order valence-corrected chi connectivity index (χ3v) is 8.42. The largest absolute Gasteiger partial charge is 0.460 e. The number of sulfonamides is 1. The van der Waals surface area contributed by atoms with Gasteiger partial charge in [0, 0.05) is 38.1 Å². The second kappa shape index (κ2) is 11.3. The number of benzene rings is 3. The fourth-order valence-electron chi connectivity index (χ4n) is 4.71. The number of para-hydroxylation sites is 2. The smallest absolute Gasteiger partial charge is 0.374 e. The van der Waals surface area contributed by atoms with Gasteiger partial charge in [0.2, 0.25) is 5.76 Å². The van der Waals surface area contributed by atoms with E-state index in [1.807, 2.05) is 54.6 Å². The van der Waals surface area contributed by atoms with Crippen molar-refractivity contribution in [2.24, 2.45) is 0 Å². The van der Waals surface area contributed by atoms with E-state index in [4.69, 9.17) is 9.15 Å². The molecule has 1 N–H and O–H groups in total. The van der Waals surface area contributed by atoms with Crippen LogP contribution in [-0.4, -0.2) is 53.7 Å². The monoisotopic (exact) mass is 533 g/mol. The third-order valence-electron chi connectivity index (χ3n) is 6.61. The Morgan fingerprint density at radius 3 is 2.50 bits per heavy atom. The van der Waals surface area contributed by atoms with E-state index in [9.17, 15) is 13.2 Å². The maximum atomic E-state index is 14.2. The molecule has 38 heavy (non-hydrogen) atoms. The highest BCUT2D eigenvalue weighted by molar-refractivity contribution is 7.92. The molecule has 1 fully saturated rings. The summed E-state index contributed by atoms with van der Waals surface area (Å²) in [7, 11) is -3.96. The molecular weight excluding hydrogens is 502 g/mol. The van der Waals surface area contributed by atoms with Gasteiger partial charge in [-0.15, -0.1) is 0 Å². The molecule has 4 aromatic rings. The second-order valence-electron chi connectivity index (χ2n) is 9.07. The molecule has 0 unspecified atom stereocenters. The Bertz CT molecular complexity index is 1510. The molecule has 1 saturated heterocycles. The normalized spacial score (nSPS) is 14.0. The lowest BCUT2D eigenvalue weighted by molar-refractivity contribution is 0.0492. The van der Waals surface area contributed by atoms with Gasteiger partial charge >= 0.3 is 5.97 Å². The van der Waals surface area contributed by atoms with Crippen molar-refractivity contribution in [3.8, 4) is 0 Å². The SMILES string of the molecule is CCOC(=O)c1cc2cc(S(=O)(=O)N(CCc3ccccc3)c3ccccc3N3CCNCC3)ccc2o1. The highest BCUT2D eigenvalue weighted by Crippen LogP contribution is 2.35. The number of fused-ring (bicyclic) bond motifs is 1. The second-order valence-corrected chi connectivity index (χ2v) is 10.9. The molecule has 0 amide bonds. The Kier molecular flexibility index (Phi) is 7.67. The first-order valence-corrected chi connectivity index (χ1v) is 14.2. The lowest BCUT2D eigenvalue weighted by Gasteiger charge is -2.34. The number of piperazine rings is 1. The molecule has 0 radical (unpaired) electrons. The molecule has 198 valence electrons. The Morgan fingerprint density at radius 1 is 1.00 bits per heavy atom. The number of esters is 1. The van der Waals surface area contributed by atoms with Crippen LogP contribution in [0.4, 0.5) is 11.4 Å². The highest BCUT2D eigenvalue weighted by atomic mass is 32.2. The zero-order valence-corrected chi connectivity index (χ0v) is 22.1. The fraction of sp³-hybridized carbons (Fsp3) is 0.276. The Labute approximate surface area is 222 Å². The summed E-state index contributed by atoms with van der Waals surface area (Å²) in [6.07, 6.45) is 0.553. The molecule has 3 aromatic carbocycles. The van der Waals surface area contributed by atoms with Crippen molar-refractivity contribution in [2.45, 2.75) is 18.2 Å². The van der Waals surface area contributed by atoms with E-state index >= 15 is 0 Å². The van der Waals surface area contributed by atoms with Crippen molar-refractivity contribution in [3.05, 3.63) is 90.2 Å². The van der Waals surface area contributed by atoms with Crippen LogP contribution in [0.2, 0.25) is 0 Å². The molecule has 9 heteroatoms. The van der Waals surface area contributed by atoms with Crippen LogP contribution in [0.5, 0.6) is 0 Å². The maximum absolute atomic E-state index is 14.2. The number of ether oxygens (including phenoxy) is 1. The van der Waals surface area contributed by atoms with E-state index in [0.29, 0.717) is 23.1 Å². The minimum absolute atomic E-state index is 0.0429. The topological polar surface area (TPSA) is 92.1 Å². The van der Waals surface area contributed by atoms with Gasteiger partial charge in [-0.1, -0.05) is 42.5 Å². The molecule has 1 aliphatic rings. The van der Waals surface area contributed by atoms with Gasteiger partial charge in [-0.05, 0) is 55.3 Å². The number of anilines is 2. The van der Waals surface area contributed by atoms with Crippen molar-refractivity contribution in [1.82, 2.24) is 5.32 Å². The van der Waals surface area contributed by atoms with E-state index in [1.165, 1.54) is 16.4 Å². The summed E-state index contributed by atoms with van der Waals surface area (Å²) < 4.78 is 40.6. The number of rotatable bonds is 9. The van der Waals surface area contributed by atoms with Crippen LogP contribution in [0.15, 0.2) is 88.2 Å². The predicted octanol–water partition coefficient (Wildman–Crippen LogP) is 4.46. The van der Waals surface area contributed by atoms with Crippen LogP contribution >= 0.6 is 0 Å². The van der Waals surface area contributed by atoms with E-state index in [0.717, 1.165) is 37.4 Å². The molecule has 0 aliphatic carbocycles. The van der Waals surface area contributed by atoms with Gasteiger partial charge in [-0.2, -0.15) is 0 Å². The lowest BCUT2D eigenvalue weighted by Crippen LogP contribution is -2.44. The van der Waals surface area contributed by atoms with Gasteiger partial charge < -0.3 is 19.4 Å². The number of nitrogens with zero attached hydrogens (tertiary/aromatic N) is 2. The number of carbonyl (C=O) groups is 1. The Hall–Kier alpha value is -3.82. The highest BCUT2D eigenvalue weighted by Gasteiger charge is 2.29. The molecule has 1 aromatic heterocycles. The molecule has 0 spiro atoms. The molecule has 5 rings (SSSR count). The van der Waals surface area contributed by atoms with Crippen LogP contribution in [0.3, 0.4) is 0 Å². The lowest BCUT2D eigenvalue weighted by atomic mass is 10.1. The van der Waals surface area contributed by atoms with Crippen molar-refractivity contribution in [3.63, 3.8) is 0 Å². The first kappa shape index (κ1) is 25.8. The molecular formula is C29H31N3O5S. The summed E-state index contributed by atoms with van der Waals surface area (Å²) in [5, 5.41) is 3.88. The number of furan rings is 1. The summed E-state index contributed by atoms with van der Waals surface area (Å²) in [6.45, 7) is 5.47. The minimum atomic E-state index is -3.96. The zero-order valence-electron chi connectivity index (χ0n) is 21.3. The molecule has 1 aliphatic heterocycles. The quantitative estimate of drug-likeness (QED) is 0.318. The van der Waals surface area contributed by atoms with Crippen molar-refractivity contribution >= 4 is 38.3 Å². The van der Waals surface area contributed by atoms with E-state index in [-0.39, 0.29) is 23.8 Å². The minimum Gasteiger partial charge on any atom is -0.460 e. The summed E-state index contributed by atoms with van der Waals surface area (Å²) in [5.74, 6) is -0.538. The fourth-order valence-corrected chi connectivity index (χ4v) is 6.22. The Balaban J connectivity index is 1.55. The predicted molar refractivity (Wildman–Crippen MR) is 148 cm³/mol. The third kappa shape index (κ3) is 5.39. The van der Waals surface area contributed by atoms with Crippen molar-refractivity contribution in [1.29, 1.82) is 0 Å². The molecule has 2 heterocycles. The summed E-state index contributed by atoms with van der Waals surface area (Å²) in [5.41, 5.74) is 3.00. The maximum Gasteiger partial charge on any atom is 0.374 e. The Morgan fingerprint density at radius 2 is 1.74 bits per heavy atom. The van der Waals surface area contributed by atoms with Crippen molar-refractivity contribution in [2.75, 3.05) is 48.5 Å². The van der Waals surface area contributed by atoms with Crippen LogP contribution < -0.4 is 14.5 Å². The van der Waals surface area contributed by atoms with Gasteiger partial charge in [-0.25, -0.2) is 13.2 Å². The van der Waals surface area contributed by atoms with E-state index in [2.05, 4.69) is 10.2 Å². The van der Waals surface area contributed by atoms with Crippen molar-refractivity contribution < 1.29 is 22.4 Å². The number of nitrogens with one attached hydrogen (secondary N) is 1. The average Bonchev–Trinajstić information content (AvgIpc) is 3.38. The van der Waals surface area contributed by atoms with Gasteiger partial charge in [0.05, 0.1) is 22.9 Å². The first-order valence-electron chi connectivity index (χ1n) is 12.8. The number of hydrogen-bond acceptors (Lipinski definition) is 7. The molecule has 0 saturated carbocycles. The summed E-state index contributed by atoms with van der Waals surface area (Å²) in [4.78, 5) is 14.5. The van der Waals surface area contributed by atoms with Gasteiger partial charge in [0.25, 0.3) is 10.0 Å². The number of carbonyl (C=O) groups excluding carboxylic acids is 1. The van der Waals surface area contributed by atoms with Crippen LogP contribution in [0.25, 0.3) is 11.0 Å². The van der Waals surface area contributed by atoms with Gasteiger partial charge in [0.15, 0.2) is 0 Å². The van der Waals surface area contributed by atoms with E-state index in [1.54, 1.807) is 19.1 Å². The zero-order chi connectivity index (χ0) is 26.5. The van der Waals surface area contributed by atoms with Crippen LogP contribution in [-0.2, 0) is 21.2 Å². The number of hydrogen-bond donors (Lipinski definition) is 1. The van der Waals surface area contributed by atoms with Gasteiger partial charge in [0.1, 0.15) is 5.58 Å². The van der Waals surface area contributed by atoms with Crippen LogP contribution in [0, 0.1) is 0 Å². The summed E-state index contributed by atoms with van der Waals surface area (Å²) >= 11 is 0. The standard InChI is InChI=1S/C29H31N3O5S/c1-2-36-29(33)28-21-23-20-24(12-13-27(23)37-28)38(34,35)32(17-14-22-8-4-3-5-9-22)26-11-7-6-10-25(26)31-18-15-30-16-19-31/h3-13,20-21,30H,2,14-19H2,1H3. The first-order chi connectivity index (χ1) is 18.5. The van der Waals surface area contributed by atoms with Crippen LogP contribution in [0.1, 0.15) is 23.0 Å². The summed E-state index contributed by atoms with van der Waals surface area (Å²) in [6, 6.07) is 23.7.